The van der Waals surface area contributed by atoms with E-state index in [1.807, 2.05) is 38.1 Å². The number of rotatable bonds is 7. The van der Waals surface area contributed by atoms with Crippen LogP contribution in [-0.4, -0.2) is 57.3 Å². The summed E-state index contributed by atoms with van der Waals surface area (Å²) in [6.45, 7) is 3.84. The minimum Gasteiger partial charge on any atom is -0.379 e. The molecule has 0 bridgehead atoms. The van der Waals surface area contributed by atoms with Gasteiger partial charge in [-0.3, -0.25) is 4.18 Å². The van der Waals surface area contributed by atoms with Crippen LogP contribution in [-0.2, 0) is 19.0 Å². The van der Waals surface area contributed by atoms with Gasteiger partial charge in [0.05, 0.1) is 6.10 Å². The fraction of sp³-hybridized carbons (Fsp3) is 0.412. The predicted molar refractivity (Wildman–Crippen MR) is 92.3 cm³/mol. The van der Waals surface area contributed by atoms with Crippen LogP contribution in [0.4, 0.5) is 0 Å². The molecule has 0 N–H and O–H groups in total. The van der Waals surface area contributed by atoms with Crippen LogP contribution in [0.2, 0.25) is 0 Å². The topological polar surface area (TPSA) is 52.6 Å². The molecule has 2 atom stereocenters. The fourth-order valence-electron chi connectivity index (χ4n) is 2.59. The van der Waals surface area contributed by atoms with E-state index in [2.05, 4.69) is 0 Å². The first-order valence-electron chi connectivity index (χ1n) is 7.47. The van der Waals surface area contributed by atoms with Crippen molar-refractivity contribution in [3.63, 3.8) is 0 Å². The molecule has 0 aromatic rings. The van der Waals surface area contributed by atoms with E-state index < -0.39 is 16.2 Å². The van der Waals surface area contributed by atoms with Crippen molar-refractivity contribution in [2.45, 2.75) is 43.8 Å². The first kappa shape index (κ1) is 20.6. The maximum Gasteiger partial charge on any atom is 0.297 e. The quantitative estimate of drug-likeness (QED) is 0.571. The third kappa shape index (κ3) is 4.78. The Morgan fingerprint density at radius 1 is 0.957 bits per heavy atom. The minimum atomic E-state index is -3.83. The fourth-order valence-corrected chi connectivity index (χ4v) is 3.97. The van der Waals surface area contributed by atoms with Crippen LogP contribution in [0.1, 0.15) is 26.7 Å². The molecule has 0 saturated heterocycles. The zero-order valence-electron chi connectivity index (χ0n) is 14.2. The van der Waals surface area contributed by atoms with Crippen molar-refractivity contribution in [3.05, 3.63) is 42.5 Å². The maximum absolute atomic E-state index is 12.6. The molecule has 6 heteroatoms. The normalized spacial score (nSPS) is 14.2. The molecule has 0 amide bonds. The largest absolute Gasteiger partial charge is 0.379 e. The molecule has 0 spiro atoms. The van der Waals surface area contributed by atoms with Crippen molar-refractivity contribution in [2.24, 2.45) is 0 Å². The van der Waals surface area contributed by atoms with Crippen LogP contribution in [0.3, 0.4) is 0 Å². The van der Waals surface area contributed by atoms with Crippen LogP contribution in [0.25, 0.3) is 11.1 Å². The van der Waals surface area contributed by atoms with Gasteiger partial charge in [-0.25, -0.2) is 0 Å². The molecule has 2 unspecified atom stereocenters. The molecule has 2 rings (SSSR count). The van der Waals surface area contributed by atoms with E-state index in [1.165, 1.54) is 0 Å². The molecule has 0 aromatic heterocycles. The molecule has 0 saturated carbocycles. The standard InChI is InChI=1S/C17H22O4S.Na/c1-4-15(20-3)16(5-2)21-22(18,19)17-12-11-13-9-7-6-8-10-14(13)17;/h6-12,15-16H,4-5H2,1-3H3;. The van der Waals surface area contributed by atoms with E-state index >= 15 is 0 Å². The Morgan fingerprint density at radius 2 is 1.61 bits per heavy atom. The van der Waals surface area contributed by atoms with Gasteiger partial charge in [-0.05, 0) is 24.5 Å². The van der Waals surface area contributed by atoms with Crippen molar-refractivity contribution in [3.8, 4) is 11.1 Å². The van der Waals surface area contributed by atoms with E-state index in [0.29, 0.717) is 18.4 Å². The molecule has 2 aliphatic rings. The van der Waals surface area contributed by atoms with Gasteiger partial charge in [0.2, 0.25) is 0 Å². The monoisotopic (exact) mass is 345 g/mol. The Balaban J connectivity index is 0.00000264. The van der Waals surface area contributed by atoms with Crippen LogP contribution in [0.15, 0.2) is 47.4 Å². The number of methoxy groups -OCH3 is 1. The summed E-state index contributed by atoms with van der Waals surface area (Å²) < 4.78 is 36.1. The van der Waals surface area contributed by atoms with Crippen LogP contribution < -0.4 is 0 Å². The molecule has 121 valence electrons. The Kier molecular flexibility index (Phi) is 8.21. The van der Waals surface area contributed by atoms with Crippen LogP contribution in [0.5, 0.6) is 0 Å². The Morgan fingerprint density at radius 3 is 2.22 bits per heavy atom. The zero-order chi connectivity index (χ0) is 16.2. The summed E-state index contributed by atoms with van der Waals surface area (Å²) in [7, 11) is -2.26. The van der Waals surface area contributed by atoms with Crippen molar-refractivity contribution in [1.82, 2.24) is 0 Å². The first-order chi connectivity index (χ1) is 10.5. The van der Waals surface area contributed by atoms with Crippen LogP contribution >= 0.6 is 0 Å². The van der Waals surface area contributed by atoms with Crippen molar-refractivity contribution >= 4 is 39.7 Å². The zero-order valence-corrected chi connectivity index (χ0v) is 17.0. The van der Waals surface area contributed by atoms with Crippen molar-refractivity contribution in [2.75, 3.05) is 7.11 Å². The molecular weight excluding hydrogens is 323 g/mol. The minimum absolute atomic E-state index is 0. The molecule has 0 aromatic carbocycles. The third-order valence-corrected chi connectivity index (χ3v) is 5.19. The summed E-state index contributed by atoms with van der Waals surface area (Å²) in [4.78, 5) is 0.211. The third-order valence-electron chi connectivity index (χ3n) is 3.79. The second kappa shape index (κ2) is 9.16. The summed E-state index contributed by atoms with van der Waals surface area (Å²) in [5.41, 5.74) is 1.55. The smallest absolute Gasteiger partial charge is 0.297 e. The van der Waals surface area contributed by atoms with Gasteiger partial charge in [0.1, 0.15) is 11.0 Å². The average molecular weight is 345 g/mol. The summed E-state index contributed by atoms with van der Waals surface area (Å²) in [5, 5.41) is 0. The van der Waals surface area contributed by atoms with E-state index in [0.717, 1.165) is 5.56 Å². The van der Waals surface area contributed by atoms with Crippen LogP contribution in [0, 0.1) is 0 Å². The average Bonchev–Trinajstić information content (AvgIpc) is 2.78. The van der Waals surface area contributed by atoms with Gasteiger partial charge >= 0.3 is 0 Å². The Labute approximate surface area is 160 Å². The number of ether oxygens (including phenoxy) is 1. The first-order valence-corrected chi connectivity index (χ1v) is 8.88. The van der Waals surface area contributed by atoms with Gasteiger partial charge in [0.25, 0.3) is 10.1 Å². The predicted octanol–water partition coefficient (Wildman–Crippen LogP) is 3.32. The summed E-state index contributed by atoms with van der Waals surface area (Å²) in [5.74, 6) is 0. The van der Waals surface area contributed by atoms with Crippen molar-refractivity contribution < 1.29 is 17.3 Å². The Hall–Kier alpha value is -0.430. The van der Waals surface area contributed by atoms with E-state index in [9.17, 15) is 8.42 Å². The molecule has 0 fully saturated rings. The second-order valence-electron chi connectivity index (χ2n) is 5.16. The van der Waals surface area contributed by atoms with E-state index in [4.69, 9.17) is 8.92 Å². The SMILES string of the molecule is CCC(OC)C(CC)OS(=O)(=O)c1ccc2cccccc1-2.[Na]. The Bertz CT molecular complexity index is 683. The van der Waals surface area contributed by atoms with Gasteiger partial charge in [-0.2, -0.15) is 8.42 Å². The van der Waals surface area contributed by atoms with Gasteiger partial charge in [0.15, 0.2) is 0 Å². The molecule has 4 nitrogen and oxygen atoms in total. The molecule has 23 heavy (non-hydrogen) atoms. The summed E-state index contributed by atoms with van der Waals surface area (Å²) in [6, 6.07) is 12.6. The number of hydrogen-bond acceptors (Lipinski definition) is 4. The summed E-state index contributed by atoms with van der Waals surface area (Å²) >= 11 is 0. The molecule has 0 heterocycles. The second-order valence-corrected chi connectivity index (χ2v) is 6.70. The maximum atomic E-state index is 12.6. The molecule has 2 aliphatic carbocycles. The van der Waals surface area contributed by atoms with Gasteiger partial charge < -0.3 is 4.74 Å². The van der Waals surface area contributed by atoms with E-state index in [-0.39, 0.29) is 40.6 Å². The van der Waals surface area contributed by atoms with Crippen molar-refractivity contribution in [1.29, 1.82) is 0 Å². The number of hydrogen-bond donors (Lipinski definition) is 0. The van der Waals surface area contributed by atoms with Gasteiger partial charge in [-0.1, -0.05) is 50.2 Å². The van der Waals surface area contributed by atoms with E-state index in [1.54, 1.807) is 25.3 Å². The van der Waals surface area contributed by atoms with Gasteiger partial charge in [0, 0.05) is 42.2 Å². The molecule has 1 radical (unpaired) electrons. The summed E-state index contributed by atoms with van der Waals surface area (Å²) in [6.07, 6.45) is 0.540. The van der Waals surface area contributed by atoms with Gasteiger partial charge in [-0.15, -0.1) is 0 Å². The number of fused-ring (bicyclic) bond motifs is 1. The molecular formula is C17H22NaO4S. The molecule has 0 aliphatic heterocycles.